The molecular formula is C20H14F2N6S3. The van der Waals surface area contributed by atoms with Crippen molar-refractivity contribution in [3.63, 3.8) is 0 Å². The smallest absolute Gasteiger partial charge is 0.288 e. The summed E-state index contributed by atoms with van der Waals surface area (Å²) in [6, 6.07) is 10.7. The van der Waals surface area contributed by atoms with E-state index < -0.39 is 5.76 Å². The average molecular weight is 473 g/mol. The molecule has 4 aromatic heterocycles. The van der Waals surface area contributed by atoms with Crippen LogP contribution in [0.5, 0.6) is 0 Å². The summed E-state index contributed by atoms with van der Waals surface area (Å²) in [5.41, 5.74) is 2.55. The van der Waals surface area contributed by atoms with Crippen LogP contribution < -0.4 is 0 Å². The topological polar surface area (TPSA) is 60.9 Å². The van der Waals surface area contributed by atoms with Gasteiger partial charge >= 0.3 is 0 Å². The fourth-order valence-electron chi connectivity index (χ4n) is 3.04. The highest BCUT2D eigenvalue weighted by Gasteiger charge is 2.17. The van der Waals surface area contributed by atoms with Gasteiger partial charge in [0.05, 0.1) is 5.69 Å². The number of alkyl halides is 2. The second-order valence-electron chi connectivity index (χ2n) is 6.37. The molecule has 0 saturated heterocycles. The lowest BCUT2D eigenvalue weighted by atomic mass is 10.2. The summed E-state index contributed by atoms with van der Waals surface area (Å²) in [5, 5.41) is 11.4. The third-order valence-corrected chi connectivity index (χ3v) is 6.82. The molecule has 0 aliphatic carbocycles. The van der Waals surface area contributed by atoms with Crippen LogP contribution in [0, 0.1) is 0 Å². The molecule has 6 nitrogen and oxygen atoms in total. The number of pyridine rings is 1. The van der Waals surface area contributed by atoms with E-state index in [1.807, 2.05) is 38.9 Å². The molecule has 31 heavy (non-hydrogen) atoms. The predicted molar refractivity (Wildman–Crippen MR) is 119 cm³/mol. The minimum Gasteiger partial charge on any atom is -0.297 e. The van der Waals surface area contributed by atoms with Gasteiger partial charge in [0, 0.05) is 52.1 Å². The maximum atomic E-state index is 12.7. The van der Waals surface area contributed by atoms with Crippen molar-refractivity contribution in [1.82, 2.24) is 29.1 Å². The second kappa shape index (κ2) is 8.77. The predicted octanol–water partition coefficient (Wildman–Crippen LogP) is 5.65. The molecule has 0 unspecified atom stereocenters. The van der Waals surface area contributed by atoms with E-state index in [1.54, 1.807) is 48.0 Å². The maximum Gasteiger partial charge on any atom is 0.288 e. The van der Waals surface area contributed by atoms with E-state index in [2.05, 4.69) is 20.2 Å². The number of hydrogen-bond donors (Lipinski definition) is 0. The highest BCUT2D eigenvalue weighted by Crippen LogP contribution is 2.31. The molecule has 5 rings (SSSR count). The number of thiazole rings is 1. The Kier molecular flexibility index (Phi) is 5.70. The molecule has 0 atom stereocenters. The van der Waals surface area contributed by atoms with Crippen LogP contribution in [-0.2, 0) is 5.75 Å². The van der Waals surface area contributed by atoms with E-state index in [1.165, 1.54) is 11.8 Å². The number of imidazole rings is 1. The largest absolute Gasteiger partial charge is 0.297 e. The molecule has 0 fully saturated rings. The number of rotatable bonds is 7. The van der Waals surface area contributed by atoms with Crippen molar-refractivity contribution in [1.29, 1.82) is 0 Å². The van der Waals surface area contributed by atoms with Gasteiger partial charge < -0.3 is 0 Å². The number of hydrogen-bond acceptors (Lipinski definition) is 7. The molecule has 4 heterocycles. The Labute approximate surface area is 188 Å². The normalized spacial score (nSPS) is 11.6. The maximum absolute atomic E-state index is 12.7. The van der Waals surface area contributed by atoms with Crippen molar-refractivity contribution in [3.05, 3.63) is 72.3 Å². The number of benzene rings is 1. The molecule has 0 radical (unpaired) electrons. The molecule has 11 heteroatoms. The van der Waals surface area contributed by atoms with Gasteiger partial charge in [-0.25, -0.2) is 4.98 Å². The van der Waals surface area contributed by atoms with Crippen molar-refractivity contribution in [2.24, 2.45) is 0 Å². The van der Waals surface area contributed by atoms with Crippen molar-refractivity contribution >= 4 is 39.8 Å². The monoisotopic (exact) mass is 472 g/mol. The van der Waals surface area contributed by atoms with Gasteiger partial charge in [-0.2, -0.15) is 8.78 Å². The zero-order valence-corrected chi connectivity index (χ0v) is 18.2. The summed E-state index contributed by atoms with van der Waals surface area (Å²) >= 11 is 3.62. The Morgan fingerprint density at radius 2 is 1.97 bits per heavy atom. The molecule has 0 saturated carbocycles. The van der Waals surface area contributed by atoms with Crippen LogP contribution in [0.1, 0.15) is 5.69 Å². The van der Waals surface area contributed by atoms with E-state index in [0.29, 0.717) is 33.4 Å². The van der Waals surface area contributed by atoms with E-state index in [0.717, 1.165) is 21.9 Å². The zero-order valence-electron chi connectivity index (χ0n) is 15.8. The van der Waals surface area contributed by atoms with Crippen LogP contribution in [0.3, 0.4) is 0 Å². The summed E-state index contributed by atoms with van der Waals surface area (Å²) in [6.07, 6.45) is 7.39. The van der Waals surface area contributed by atoms with Gasteiger partial charge in [-0.15, -0.1) is 21.5 Å². The van der Waals surface area contributed by atoms with E-state index in [-0.39, 0.29) is 0 Å². The molecule has 0 spiro atoms. The Hall–Kier alpha value is -2.76. The van der Waals surface area contributed by atoms with Crippen LogP contribution in [-0.4, -0.2) is 34.9 Å². The molecule has 0 N–H and O–H groups in total. The summed E-state index contributed by atoms with van der Waals surface area (Å²) in [6.45, 7) is 0. The summed E-state index contributed by atoms with van der Waals surface area (Å²) in [7, 11) is 0. The highest BCUT2D eigenvalue weighted by atomic mass is 32.2. The van der Waals surface area contributed by atoms with Crippen LogP contribution in [0.25, 0.3) is 22.0 Å². The lowest BCUT2D eigenvalue weighted by Crippen LogP contribution is -2.00. The Morgan fingerprint density at radius 3 is 2.71 bits per heavy atom. The highest BCUT2D eigenvalue weighted by molar-refractivity contribution is 7.99. The Balaban J connectivity index is 1.48. The first-order valence-electron chi connectivity index (χ1n) is 9.12. The van der Waals surface area contributed by atoms with Crippen LogP contribution >= 0.6 is 34.9 Å². The van der Waals surface area contributed by atoms with E-state index >= 15 is 0 Å². The van der Waals surface area contributed by atoms with Crippen LogP contribution in [0.4, 0.5) is 8.78 Å². The van der Waals surface area contributed by atoms with Gasteiger partial charge in [0.2, 0.25) is 0 Å². The number of aromatic nitrogens is 6. The zero-order chi connectivity index (χ0) is 21.2. The number of thioether (sulfide) groups is 2. The molecule has 0 amide bonds. The molecule has 1 aromatic carbocycles. The first-order valence-corrected chi connectivity index (χ1v) is 11.9. The lowest BCUT2D eigenvalue weighted by molar-refractivity contribution is 0.252. The molecule has 0 bridgehead atoms. The fraction of sp³-hybridized carbons (Fsp3) is 0.100. The minimum absolute atomic E-state index is 0.502. The fourth-order valence-corrected chi connectivity index (χ4v) is 5.09. The van der Waals surface area contributed by atoms with Crippen molar-refractivity contribution in [2.75, 3.05) is 0 Å². The molecule has 0 aliphatic rings. The molecule has 5 aromatic rings. The number of halogens is 2. The van der Waals surface area contributed by atoms with Gasteiger partial charge in [-0.1, -0.05) is 23.5 Å². The van der Waals surface area contributed by atoms with E-state index in [9.17, 15) is 8.78 Å². The summed E-state index contributed by atoms with van der Waals surface area (Å²) < 4.78 is 29.3. The van der Waals surface area contributed by atoms with Gasteiger partial charge in [-0.05, 0) is 36.4 Å². The van der Waals surface area contributed by atoms with Gasteiger partial charge in [0.15, 0.2) is 15.9 Å². The molecule has 0 aliphatic heterocycles. The third-order valence-electron chi connectivity index (χ3n) is 4.37. The Bertz CT molecular complexity index is 1270. The standard InChI is InChI=1S/C20H14F2N6S3/c21-18(22)31-16-5-3-15(4-6-16)28-17(13-2-1-7-23-10-13)25-26-20(28)30-12-14-11-27-8-9-29-19(27)24-14/h1-11,18H,12H2. The van der Waals surface area contributed by atoms with Crippen LogP contribution in [0.15, 0.2) is 76.6 Å². The molecule has 156 valence electrons. The minimum atomic E-state index is -2.46. The number of nitrogens with zero attached hydrogens (tertiary/aromatic N) is 6. The van der Waals surface area contributed by atoms with Gasteiger partial charge in [-0.3, -0.25) is 14.0 Å². The second-order valence-corrected chi connectivity index (χ2v) is 9.25. The van der Waals surface area contributed by atoms with Crippen molar-refractivity contribution in [2.45, 2.75) is 21.6 Å². The first kappa shape index (κ1) is 20.2. The SMILES string of the molecule is FC(F)Sc1ccc(-n2c(SCc3cn4ccsc4n3)nnc2-c2cccnc2)cc1. The van der Waals surface area contributed by atoms with Gasteiger partial charge in [0.25, 0.3) is 5.76 Å². The van der Waals surface area contributed by atoms with Crippen molar-refractivity contribution < 1.29 is 8.78 Å². The van der Waals surface area contributed by atoms with E-state index in [4.69, 9.17) is 0 Å². The average Bonchev–Trinajstić information content (AvgIpc) is 3.48. The lowest BCUT2D eigenvalue weighted by Gasteiger charge is -2.11. The molecular weight excluding hydrogens is 458 g/mol. The first-order chi connectivity index (χ1) is 15.2. The number of fused-ring (bicyclic) bond motifs is 1. The van der Waals surface area contributed by atoms with Gasteiger partial charge in [0.1, 0.15) is 0 Å². The third kappa shape index (κ3) is 4.34. The Morgan fingerprint density at radius 1 is 1.10 bits per heavy atom. The summed E-state index contributed by atoms with van der Waals surface area (Å²) in [4.78, 5) is 10.2. The van der Waals surface area contributed by atoms with Crippen LogP contribution in [0.2, 0.25) is 0 Å². The quantitative estimate of drug-likeness (QED) is 0.286. The van der Waals surface area contributed by atoms with Crippen molar-refractivity contribution in [3.8, 4) is 17.1 Å². The summed E-state index contributed by atoms with van der Waals surface area (Å²) in [5.74, 6) is -1.20.